The standard InChI is InChI=1S/C34H68N2/c1-4-7-9-11-13-15-16-17-18-19-20-21-23-25-27-29-31-36-33-32-35(34(36)6-3)30-28-26-24-22-14-12-10-8-5-2/h32-34H,4-31H2,1-3H3. The van der Waals surface area contributed by atoms with Gasteiger partial charge < -0.3 is 9.80 Å². The lowest BCUT2D eigenvalue weighted by atomic mass is 10.0. The Labute approximate surface area is 229 Å². The predicted molar refractivity (Wildman–Crippen MR) is 163 cm³/mol. The van der Waals surface area contributed by atoms with Crippen LogP contribution in [0.25, 0.3) is 0 Å². The molecular weight excluding hydrogens is 436 g/mol. The van der Waals surface area contributed by atoms with Crippen molar-refractivity contribution in [1.82, 2.24) is 9.80 Å². The molecule has 0 amide bonds. The van der Waals surface area contributed by atoms with E-state index in [0.717, 1.165) is 0 Å². The molecule has 0 saturated carbocycles. The molecule has 0 aromatic rings. The first-order chi connectivity index (χ1) is 17.8. The van der Waals surface area contributed by atoms with Crippen LogP contribution in [0.15, 0.2) is 12.4 Å². The summed E-state index contributed by atoms with van der Waals surface area (Å²) in [5, 5.41) is 0. The van der Waals surface area contributed by atoms with Crippen LogP contribution < -0.4 is 0 Å². The molecule has 214 valence electrons. The van der Waals surface area contributed by atoms with Gasteiger partial charge in [-0.05, 0) is 19.3 Å². The molecule has 0 saturated heterocycles. The van der Waals surface area contributed by atoms with Gasteiger partial charge in [0.1, 0.15) is 6.17 Å². The second-order valence-electron chi connectivity index (χ2n) is 11.8. The van der Waals surface area contributed by atoms with Crippen molar-refractivity contribution >= 4 is 0 Å². The molecule has 36 heavy (non-hydrogen) atoms. The summed E-state index contributed by atoms with van der Waals surface area (Å²) in [6.07, 6.45) is 42.6. The van der Waals surface area contributed by atoms with Gasteiger partial charge in [0.25, 0.3) is 0 Å². The maximum atomic E-state index is 2.62. The zero-order chi connectivity index (χ0) is 25.9. The fraction of sp³-hybridized carbons (Fsp3) is 0.941. The Morgan fingerprint density at radius 1 is 0.361 bits per heavy atom. The van der Waals surface area contributed by atoms with E-state index in [0.29, 0.717) is 6.17 Å². The Morgan fingerprint density at radius 3 is 0.861 bits per heavy atom. The summed E-state index contributed by atoms with van der Waals surface area (Å²) in [6.45, 7) is 9.47. The summed E-state index contributed by atoms with van der Waals surface area (Å²) in [7, 11) is 0. The third-order valence-corrected chi connectivity index (χ3v) is 8.37. The minimum Gasteiger partial charge on any atom is -0.356 e. The van der Waals surface area contributed by atoms with E-state index in [4.69, 9.17) is 0 Å². The molecule has 1 atom stereocenters. The van der Waals surface area contributed by atoms with E-state index in [1.165, 1.54) is 180 Å². The maximum Gasteiger partial charge on any atom is 0.100 e. The largest absolute Gasteiger partial charge is 0.356 e. The summed E-state index contributed by atoms with van der Waals surface area (Å²) in [5.41, 5.74) is 0. The van der Waals surface area contributed by atoms with Crippen LogP contribution in [0.2, 0.25) is 0 Å². The van der Waals surface area contributed by atoms with Gasteiger partial charge in [0.05, 0.1) is 0 Å². The molecule has 2 nitrogen and oxygen atoms in total. The Morgan fingerprint density at radius 2 is 0.611 bits per heavy atom. The first kappa shape index (κ1) is 33.4. The van der Waals surface area contributed by atoms with Crippen LogP contribution in [0.3, 0.4) is 0 Å². The second-order valence-corrected chi connectivity index (χ2v) is 11.8. The SMILES string of the molecule is CCCCCCCCCCCCCCCCCCN1C=CN(CCCCCCCCCCC)C1CC. The molecule has 1 unspecified atom stereocenters. The third-order valence-electron chi connectivity index (χ3n) is 8.37. The van der Waals surface area contributed by atoms with Crippen molar-refractivity contribution < 1.29 is 0 Å². The molecular formula is C34H68N2. The van der Waals surface area contributed by atoms with Crippen molar-refractivity contribution in [3.05, 3.63) is 12.4 Å². The van der Waals surface area contributed by atoms with Crippen LogP contribution in [-0.4, -0.2) is 29.1 Å². The fourth-order valence-electron chi connectivity index (χ4n) is 5.92. The molecule has 1 heterocycles. The molecule has 0 aromatic carbocycles. The number of hydrogen-bond acceptors (Lipinski definition) is 2. The zero-order valence-electron chi connectivity index (χ0n) is 25.4. The van der Waals surface area contributed by atoms with E-state index in [2.05, 4.69) is 43.0 Å². The number of nitrogens with zero attached hydrogens (tertiary/aromatic N) is 2. The fourth-order valence-corrected chi connectivity index (χ4v) is 5.92. The Bertz CT molecular complexity index is 460. The summed E-state index contributed by atoms with van der Waals surface area (Å²) in [4.78, 5) is 5.24. The van der Waals surface area contributed by atoms with Crippen LogP contribution in [-0.2, 0) is 0 Å². The van der Waals surface area contributed by atoms with Gasteiger partial charge in [-0.25, -0.2) is 0 Å². The van der Waals surface area contributed by atoms with Crippen molar-refractivity contribution in [3.63, 3.8) is 0 Å². The van der Waals surface area contributed by atoms with E-state index >= 15 is 0 Å². The molecule has 0 aliphatic carbocycles. The van der Waals surface area contributed by atoms with Crippen LogP contribution >= 0.6 is 0 Å². The third kappa shape index (κ3) is 18.6. The highest BCUT2D eigenvalue weighted by Crippen LogP contribution is 2.21. The summed E-state index contributed by atoms with van der Waals surface area (Å²) >= 11 is 0. The zero-order valence-corrected chi connectivity index (χ0v) is 25.4. The van der Waals surface area contributed by atoms with Gasteiger partial charge in [0, 0.05) is 25.5 Å². The van der Waals surface area contributed by atoms with Gasteiger partial charge in [-0.1, -0.05) is 168 Å². The second kappa shape index (κ2) is 26.0. The van der Waals surface area contributed by atoms with Crippen molar-refractivity contribution in [2.75, 3.05) is 13.1 Å². The first-order valence-corrected chi connectivity index (χ1v) is 17.0. The molecule has 0 fully saturated rings. The first-order valence-electron chi connectivity index (χ1n) is 17.0. The number of unbranched alkanes of at least 4 members (excludes halogenated alkanes) is 23. The monoisotopic (exact) mass is 505 g/mol. The molecule has 0 N–H and O–H groups in total. The lowest BCUT2D eigenvalue weighted by Gasteiger charge is -2.32. The molecule has 0 spiro atoms. The van der Waals surface area contributed by atoms with Crippen LogP contribution in [0.4, 0.5) is 0 Å². The average Bonchev–Trinajstić information content (AvgIpc) is 3.29. The van der Waals surface area contributed by atoms with Crippen LogP contribution in [0, 0.1) is 0 Å². The lowest BCUT2D eigenvalue weighted by molar-refractivity contribution is 0.144. The Kier molecular flexibility index (Phi) is 24.1. The van der Waals surface area contributed by atoms with Gasteiger partial charge in [-0.3, -0.25) is 0 Å². The van der Waals surface area contributed by atoms with Crippen molar-refractivity contribution in [1.29, 1.82) is 0 Å². The van der Waals surface area contributed by atoms with Crippen molar-refractivity contribution in [2.45, 2.75) is 194 Å². The van der Waals surface area contributed by atoms with Gasteiger partial charge >= 0.3 is 0 Å². The predicted octanol–water partition coefficient (Wildman–Crippen LogP) is 11.6. The maximum absolute atomic E-state index is 2.62. The minimum atomic E-state index is 0.621. The summed E-state index contributed by atoms with van der Waals surface area (Å²) in [5.74, 6) is 0. The van der Waals surface area contributed by atoms with Gasteiger partial charge in [-0.2, -0.15) is 0 Å². The number of hydrogen-bond donors (Lipinski definition) is 0. The molecule has 0 bridgehead atoms. The smallest absolute Gasteiger partial charge is 0.100 e. The summed E-state index contributed by atoms with van der Waals surface area (Å²) < 4.78 is 0. The normalized spacial score (nSPS) is 15.5. The van der Waals surface area contributed by atoms with E-state index in [9.17, 15) is 0 Å². The quantitative estimate of drug-likeness (QED) is 0.0977. The highest BCUT2D eigenvalue weighted by Gasteiger charge is 2.23. The van der Waals surface area contributed by atoms with Crippen LogP contribution in [0.5, 0.6) is 0 Å². The molecule has 0 aromatic heterocycles. The van der Waals surface area contributed by atoms with Crippen LogP contribution in [0.1, 0.15) is 188 Å². The highest BCUT2D eigenvalue weighted by atomic mass is 15.4. The molecule has 1 aliphatic rings. The van der Waals surface area contributed by atoms with Gasteiger partial charge in [0.2, 0.25) is 0 Å². The van der Waals surface area contributed by atoms with E-state index in [1.807, 2.05) is 0 Å². The molecule has 0 radical (unpaired) electrons. The topological polar surface area (TPSA) is 6.48 Å². The Balaban J connectivity index is 1.89. The van der Waals surface area contributed by atoms with E-state index in [1.54, 1.807) is 0 Å². The van der Waals surface area contributed by atoms with E-state index in [-0.39, 0.29) is 0 Å². The minimum absolute atomic E-state index is 0.621. The van der Waals surface area contributed by atoms with Gasteiger partial charge in [-0.15, -0.1) is 0 Å². The Hall–Kier alpha value is -0.660. The van der Waals surface area contributed by atoms with Gasteiger partial charge in [0.15, 0.2) is 0 Å². The van der Waals surface area contributed by atoms with E-state index < -0.39 is 0 Å². The molecule has 1 aliphatic heterocycles. The lowest BCUT2D eigenvalue weighted by Crippen LogP contribution is -2.38. The summed E-state index contributed by atoms with van der Waals surface area (Å²) in [6, 6.07) is 0. The average molecular weight is 505 g/mol. The molecule has 1 rings (SSSR count). The van der Waals surface area contributed by atoms with Crippen molar-refractivity contribution in [2.24, 2.45) is 0 Å². The number of rotatable bonds is 28. The molecule has 2 heteroatoms. The highest BCUT2D eigenvalue weighted by molar-refractivity contribution is 4.96. The van der Waals surface area contributed by atoms with Crippen molar-refractivity contribution in [3.8, 4) is 0 Å².